The van der Waals surface area contributed by atoms with E-state index in [0.29, 0.717) is 12.0 Å². The van der Waals surface area contributed by atoms with Gasteiger partial charge in [-0.05, 0) is 30.2 Å². The normalized spacial score (nSPS) is 20.9. The fraction of sp³-hybridized carbons (Fsp3) is 0.158. The van der Waals surface area contributed by atoms with E-state index in [1.54, 1.807) is 0 Å². The van der Waals surface area contributed by atoms with Crippen molar-refractivity contribution in [3.05, 3.63) is 85.0 Å². The Balaban J connectivity index is 2.05. The van der Waals surface area contributed by atoms with Crippen molar-refractivity contribution in [3.63, 3.8) is 0 Å². The van der Waals surface area contributed by atoms with E-state index in [2.05, 4.69) is 96.8 Å². The molecule has 0 heterocycles. The molecule has 0 aliphatic heterocycles. The highest BCUT2D eigenvalue weighted by atomic mass is 15.2. The van der Waals surface area contributed by atoms with E-state index in [-0.39, 0.29) is 0 Å². The van der Waals surface area contributed by atoms with Crippen molar-refractivity contribution >= 4 is 11.4 Å². The average Bonchev–Trinajstić information content (AvgIpc) is 2.52. The van der Waals surface area contributed by atoms with E-state index in [1.807, 2.05) is 0 Å². The molecular weight excluding hydrogens is 242 g/mol. The molecule has 1 aliphatic rings. The number of benzene rings is 2. The lowest BCUT2D eigenvalue weighted by atomic mass is 9.94. The SMILES string of the molecule is CC1C=CC=CC1N(c1ccccc1)c1ccccc1. The first-order chi connectivity index (χ1) is 9.86. The summed E-state index contributed by atoms with van der Waals surface area (Å²) in [5, 5.41) is 0. The summed E-state index contributed by atoms with van der Waals surface area (Å²) < 4.78 is 0. The van der Waals surface area contributed by atoms with E-state index in [0.717, 1.165) is 0 Å². The largest absolute Gasteiger partial charge is 0.334 e. The van der Waals surface area contributed by atoms with Crippen LogP contribution < -0.4 is 4.90 Å². The number of para-hydroxylation sites is 2. The monoisotopic (exact) mass is 261 g/mol. The van der Waals surface area contributed by atoms with Gasteiger partial charge in [-0.25, -0.2) is 0 Å². The molecule has 2 aromatic carbocycles. The van der Waals surface area contributed by atoms with Crippen LogP contribution in [0.25, 0.3) is 0 Å². The molecule has 2 unspecified atom stereocenters. The van der Waals surface area contributed by atoms with Crippen LogP contribution in [0.2, 0.25) is 0 Å². The molecule has 100 valence electrons. The van der Waals surface area contributed by atoms with Gasteiger partial charge in [0.05, 0.1) is 6.04 Å². The number of hydrogen-bond donors (Lipinski definition) is 0. The zero-order valence-corrected chi connectivity index (χ0v) is 11.7. The Labute approximate surface area is 120 Å². The molecule has 0 spiro atoms. The summed E-state index contributed by atoms with van der Waals surface area (Å²) in [5.74, 6) is 0.486. The van der Waals surface area contributed by atoms with E-state index in [1.165, 1.54) is 11.4 Å². The summed E-state index contributed by atoms with van der Waals surface area (Å²) in [6.07, 6.45) is 8.83. The highest BCUT2D eigenvalue weighted by molar-refractivity contribution is 5.65. The van der Waals surface area contributed by atoms with Crippen LogP contribution >= 0.6 is 0 Å². The molecule has 0 saturated heterocycles. The Bertz CT molecular complexity index is 559. The number of rotatable bonds is 3. The van der Waals surface area contributed by atoms with Crippen LogP contribution in [0.5, 0.6) is 0 Å². The third-order valence-corrected chi connectivity index (χ3v) is 3.74. The lowest BCUT2D eigenvalue weighted by Crippen LogP contribution is -2.35. The van der Waals surface area contributed by atoms with Gasteiger partial charge in [0.1, 0.15) is 0 Å². The maximum atomic E-state index is 2.41. The van der Waals surface area contributed by atoms with E-state index in [9.17, 15) is 0 Å². The van der Waals surface area contributed by atoms with Crippen LogP contribution in [-0.4, -0.2) is 6.04 Å². The van der Waals surface area contributed by atoms with E-state index in [4.69, 9.17) is 0 Å². The number of allylic oxidation sites excluding steroid dienone is 2. The van der Waals surface area contributed by atoms with Crippen LogP contribution in [0, 0.1) is 5.92 Å². The van der Waals surface area contributed by atoms with Gasteiger partial charge in [-0.15, -0.1) is 0 Å². The fourth-order valence-corrected chi connectivity index (χ4v) is 2.70. The molecule has 1 aliphatic carbocycles. The predicted octanol–water partition coefficient (Wildman–Crippen LogP) is 4.96. The van der Waals surface area contributed by atoms with Crippen molar-refractivity contribution in [1.29, 1.82) is 0 Å². The second-order valence-corrected chi connectivity index (χ2v) is 5.16. The van der Waals surface area contributed by atoms with E-state index >= 15 is 0 Å². The second-order valence-electron chi connectivity index (χ2n) is 5.16. The van der Waals surface area contributed by atoms with E-state index < -0.39 is 0 Å². The molecule has 0 bridgehead atoms. The minimum atomic E-state index is 0.352. The van der Waals surface area contributed by atoms with Crippen LogP contribution in [0.4, 0.5) is 11.4 Å². The van der Waals surface area contributed by atoms with Gasteiger partial charge in [0.2, 0.25) is 0 Å². The van der Waals surface area contributed by atoms with Crippen LogP contribution in [-0.2, 0) is 0 Å². The summed E-state index contributed by atoms with van der Waals surface area (Å²) in [6, 6.07) is 21.5. The van der Waals surface area contributed by atoms with Gasteiger partial charge in [-0.2, -0.15) is 0 Å². The highest BCUT2D eigenvalue weighted by Gasteiger charge is 2.23. The van der Waals surface area contributed by atoms with Gasteiger partial charge in [0, 0.05) is 11.4 Å². The van der Waals surface area contributed by atoms with Gasteiger partial charge in [0.15, 0.2) is 0 Å². The molecule has 0 aromatic heterocycles. The van der Waals surface area contributed by atoms with Crippen molar-refractivity contribution in [2.24, 2.45) is 5.92 Å². The lowest BCUT2D eigenvalue weighted by Gasteiger charge is -2.36. The average molecular weight is 261 g/mol. The Morgan fingerprint density at radius 2 is 1.20 bits per heavy atom. The molecule has 0 fully saturated rings. The highest BCUT2D eigenvalue weighted by Crippen LogP contribution is 2.32. The van der Waals surface area contributed by atoms with Gasteiger partial charge < -0.3 is 4.90 Å². The Morgan fingerprint density at radius 1 is 0.700 bits per heavy atom. The van der Waals surface area contributed by atoms with Crippen molar-refractivity contribution in [2.45, 2.75) is 13.0 Å². The Morgan fingerprint density at radius 3 is 1.70 bits per heavy atom. The molecular formula is C19H19N. The summed E-state index contributed by atoms with van der Waals surface area (Å²) in [6.45, 7) is 2.27. The number of hydrogen-bond acceptors (Lipinski definition) is 1. The second kappa shape index (κ2) is 5.79. The van der Waals surface area contributed by atoms with Gasteiger partial charge in [0.25, 0.3) is 0 Å². The first-order valence-electron chi connectivity index (χ1n) is 7.10. The molecule has 1 nitrogen and oxygen atoms in total. The molecule has 0 radical (unpaired) electrons. The summed E-state index contributed by atoms with van der Waals surface area (Å²) in [5.41, 5.74) is 2.46. The quantitative estimate of drug-likeness (QED) is 0.755. The maximum Gasteiger partial charge on any atom is 0.0585 e. The van der Waals surface area contributed by atoms with Crippen molar-refractivity contribution in [2.75, 3.05) is 4.90 Å². The smallest absolute Gasteiger partial charge is 0.0585 e. The van der Waals surface area contributed by atoms with Crippen molar-refractivity contribution < 1.29 is 0 Å². The van der Waals surface area contributed by atoms with Crippen molar-refractivity contribution in [3.8, 4) is 0 Å². The predicted molar refractivity (Wildman–Crippen MR) is 86.3 cm³/mol. The Hall–Kier alpha value is -2.28. The third-order valence-electron chi connectivity index (χ3n) is 3.74. The molecule has 0 N–H and O–H groups in total. The van der Waals surface area contributed by atoms with Crippen molar-refractivity contribution in [1.82, 2.24) is 0 Å². The zero-order chi connectivity index (χ0) is 13.8. The molecule has 0 saturated carbocycles. The lowest BCUT2D eigenvalue weighted by molar-refractivity contribution is 0.609. The first kappa shape index (κ1) is 12.7. The molecule has 0 amide bonds. The minimum absolute atomic E-state index is 0.352. The molecule has 1 heteroatoms. The van der Waals surface area contributed by atoms with Gasteiger partial charge in [-0.3, -0.25) is 0 Å². The summed E-state index contributed by atoms with van der Waals surface area (Å²) in [4.78, 5) is 2.41. The number of anilines is 2. The summed E-state index contributed by atoms with van der Waals surface area (Å²) >= 11 is 0. The van der Waals surface area contributed by atoms with Crippen LogP contribution in [0.3, 0.4) is 0 Å². The third kappa shape index (κ3) is 2.53. The van der Waals surface area contributed by atoms with Crippen LogP contribution in [0.15, 0.2) is 85.0 Å². The topological polar surface area (TPSA) is 3.24 Å². The zero-order valence-electron chi connectivity index (χ0n) is 11.7. The standard InChI is InChI=1S/C19H19N/c1-16-10-8-9-15-19(16)20(17-11-4-2-5-12-17)18-13-6-3-7-14-18/h2-16,19H,1H3. The molecule has 2 aromatic rings. The number of nitrogens with zero attached hydrogens (tertiary/aromatic N) is 1. The molecule has 2 atom stereocenters. The maximum absolute atomic E-state index is 2.41. The van der Waals surface area contributed by atoms with Gasteiger partial charge >= 0.3 is 0 Å². The summed E-state index contributed by atoms with van der Waals surface area (Å²) in [7, 11) is 0. The fourth-order valence-electron chi connectivity index (χ4n) is 2.70. The van der Waals surface area contributed by atoms with Gasteiger partial charge in [-0.1, -0.05) is 67.6 Å². The molecule has 3 rings (SSSR count). The molecule has 20 heavy (non-hydrogen) atoms. The Kier molecular flexibility index (Phi) is 3.69. The first-order valence-corrected chi connectivity index (χ1v) is 7.10. The minimum Gasteiger partial charge on any atom is -0.334 e. The van der Waals surface area contributed by atoms with Crippen LogP contribution in [0.1, 0.15) is 6.92 Å².